The Hall–Kier alpha value is -3.22. The van der Waals surface area contributed by atoms with Crippen molar-refractivity contribution in [2.24, 2.45) is 0 Å². The van der Waals surface area contributed by atoms with Gasteiger partial charge < -0.3 is 19.6 Å². The zero-order valence-electron chi connectivity index (χ0n) is 22.1. The molecule has 6 rings (SSSR count). The Labute approximate surface area is 224 Å². The first-order valence-electron chi connectivity index (χ1n) is 13.7. The highest BCUT2D eigenvalue weighted by Crippen LogP contribution is 2.31. The van der Waals surface area contributed by atoms with Crippen LogP contribution < -0.4 is 9.80 Å². The Morgan fingerprint density at radius 2 is 1.84 bits per heavy atom. The monoisotopic (exact) mass is 512 g/mol. The molecule has 8 heteroatoms. The lowest BCUT2D eigenvalue weighted by Gasteiger charge is -2.42. The molecule has 2 atom stereocenters. The first kappa shape index (κ1) is 25.1. The zero-order valence-corrected chi connectivity index (χ0v) is 22.1. The number of nitriles is 1. The Bertz CT molecular complexity index is 1330. The number of β-amino-alcohol motifs (C(OH)–C–C–N with tert-alkyl or cyclic N) is 1. The van der Waals surface area contributed by atoms with Crippen LogP contribution in [0.25, 0.3) is 10.9 Å². The van der Waals surface area contributed by atoms with Crippen LogP contribution in [-0.2, 0) is 17.8 Å². The zero-order chi connectivity index (χ0) is 26.1. The van der Waals surface area contributed by atoms with Crippen molar-refractivity contribution in [1.29, 1.82) is 5.26 Å². The molecule has 3 aliphatic rings. The van der Waals surface area contributed by atoms with Crippen LogP contribution in [-0.4, -0.2) is 91.1 Å². The minimum absolute atomic E-state index is 0.130. The molecule has 0 spiro atoms. The average Bonchev–Trinajstić information content (AvgIpc) is 3.34. The molecule has 0 saturated carbocycles. The number of benzene rings is 2. The van der Waals surface area contributed by atoms with E-state index in [2.05, 4.69) is 67.9 Å². The van der Waals surface area contributed by atoms with Gasteiger partial charge in [0.1, 0.15) is 6.07 Å². The molecule has 4 heterocycles. The number of fused-ring (bicyclic) bond motifs is 2. The molecule has 3 aliphatic heterocycles. The van der Waals surface area contributed by atoms with Gasteiger partial charge in [-0.3, -0.25) is 14.8 Å². The van der Waals surface area contributed by atoms with Gasteiger partial charge in [-0.05, 0) is 54.4 Å². The fraction of sp³-hybridized carbons (Fsp3) is 0.467. The second-order valence-electron chi connectivity index (χ2n) is 10.8. The topological polar surface area (TPSA) is 79.1 Å². The summed E-state index contributed by atoms with van der Waals surface area (Å²) in [5.74, 6) is 0. The van der Waals surface area contributed by atoms with Gasteiger partial charge in [0.25, 0.3) is 0 Å². The molecular formula is C30H36N6O2. The number of rotatable bonds is 6. The van der Waals surface area contributed by atoms with Gasteiger partial charge in [-0.25, -0.2) is 0 Å². The van der Waals surface area contributed by atoms with Gasteiger partial charge in [0.2, 0.25) is 0 Å². The maximum Gasteiger partial charge on any atom is 0.101 e. The molecule has 0 amide bonds. The van der Waals surface area contributed by atoms with Crippen LogP contribution in [0.15, 0.2) is 48.7 Å². The van der Waals surface area contributed by atoms with Crippen LogP contribution in [0.2, 0.25) is 0 Å². The predicted octanol–water partition coefficient (Wildman–Crippen LogP) is 2.83. The van der Waals surface area contributed by atoms with Crippen molar-refractivity contribution in [2.45, 2.75) is 32.2 Å². The van der Waals surface area contributed by atoms with E-state index >= 15 is 0 Å². The first-order chi connectivity index (χ1) is 18.6. The van der Waals surface area contributed by atoms with Crippen molar-refractivity contribution >= 4 is 22.3 Å². The second kappa shape index (κ2) is 10.9. The van der Waals surface area contributed by atoms with Gasteiger partial charge in [-0.15, -0.1) is 0 Å². The SMILES string of the molecule is C[C@@H]1CN(c2ccc(C#N)c3ncccc23)C[C@H](CN2CCN(c3ccc4c(c3)CN(CCO)C4)CC2)O1. The van der Waals surface area contributed by atoms with Crippen LogP contribution >= 0.6 is 0 Å². The smallest absolute Gasteiger partial charge is 0.101 e. The summed E-state index contributed by atoms with van der Waals surface area (Å²) in [5, 5.41) is 19.8. The normalized spacial score (nSPS) is 22.6. The van der Waals surface area contributed by atoms with Gasteiger partial charge in [0.15, 0.2) is 0 Å². The predicted molar refractivity (Wildman–Crippen MR) is 149 cm³/mol. The van der Waals surface area contributed by atoms with Crippen molar-refractivity contribution in [3.8, 4) is 6.07 Å². The molecule has 0 bridgehead atoms. The van der Waals surface area contributed by atoms with Crippen molar-refractivity contribution in [3.05, 3.63) is 65.4 Å². The summed E-state index contributed by atoms with van der Waals surface area (Å²) in [4.78, 5) is 14.2. The number of aliphatic hydroxyl groups excluding tert-OH is 1. The summed E-state index contributed by atoms with van der Waals surface area (Å²) < 4.78 is 6.40. The molecule has 0 unspecified atom stereocenters. The number of anilines is 2. The van der Waals surface area contributed by atoms with Crippen molar-refractivity contribution < 1.29 is 9.84 Å². The summed E-state index contributed by atoms with van der Waals surface area (Å²) in [6, 6.07) is 17.1. The van der Waals surface area contributed by atoms with Gasteiger partial charge in [0.05, 0.1) is 29.9 Å². The van der Waals surface area contributed by atoms with E-state index < -0.39 is 0 Å². The van der Waals surface area contributed by atoms with Crippen LogP contribution in [0.3, 0.4) is 0 Å². The lowest BCUT2D eigenvalue weighted by Crippen LogP contribution is -2.54. The van der Waals surface area contributed by atoms with E-state index in [1.807, 2.05) is 12.1 Å². The van der Waals surface area contributed by atoms with Crippen LogP contribution in [0.4, 0.5) is 11.4 Å². The Kier molecular flexibility index (Phi) is 7.18. The molecule has 2 saturated heterocycles. The van der Waals surface area contributed by atoms with Crippen molar-refractivity contribution in [2.75, 3.05) is 68.8 Å². The summed E-state index contributed by atoms with van der Waals surface area (Å²) in [6.07, 6.45) is 2.02. The maximum atomic E-state index is 9.52. The van der Waals surface area contributed by atoms with E-state index in [0.29, 0.717) is 5.56 Å². The van der Waals surface area contributed by atoms with E-state index in [1.54, 1.807) is 6.20 Å². The number of piperazine rings is 1. The number of hydrogen-bond donors (Lipinski definition) is 1. The number of aromatic nitrogens is 1. The maximum absolute atomic E-state index is 9.52. The van der Waals surface area contributed by atoms with Crippen molar-refractivity contribution in [1.82, 2.24) is 14.8 Å². The molecule has 3 aromatic rings. The molecule has 38 heavy (non-hydrogen) atoms. The van der Waals surface area contributed by atoms with E-state index in [0.717, 1.165) is 82.0 Å². The third-order valence-electron chi connectivity index (χ3n) is 8.13. The highest BCUT2D eigenvalue weighted by Gasteiger charge is 2.30. The van der Waals surface area contributed by atoms with Gasteiger partial charge in [-0.2, -0.15) is 5.26 Å². The number of morpholine rings is 1. The van der Waals surface area contributed by atoms with Crippen LogP contribution in [0.5, 0.6) is 0 Å². The van der Waals surface area contributed by atoms with E-state index in [9.17, 15) is 10.4 Å². The highest BCUT2D eigenvalue weighted by atomic mass is 16.5. The Balaban J connectivity index is 1.08. The quantitative estimate of drug-likeness (QED) is 0.540. The van der Waals surface area contributed by atoms with E-state index in [4.69, 9.17) is 4.74 Å². The lowest BCUT2D eigenvalue weighted by atomic mass is 10.1. The molecule has 0 radical (unpaired) electrons. The fourth-order valence-electron chi connectivity index (χ4n) is 6.29. The average molecular weight is 513 g/mol. The standard InChI is InChI=1S/C30H36N6O2/c1-22-17-36(29-7-5-23(16-31)30-28(29)3-2-8-32-30)21-27(38-22)20-33-9-11-35(12-10-33)26-6-4-24-18-34(13-14-37)19-25(24)15-26/h2-8,15,22,27,37H,9-14,17-21H2,1H3/t22-,27+/m1/s1. The second-order valence-corrected chi connectivity index (χ2v) is 10.8. The third kappa shape index (κ3) is 5.07. The molecule has 8 nitrogen and oxygen atoms in total. The molecule has 1 aromatic heterocycles. The Morgan fingerprint density at radius 3 is 2.66 bits per heavy atom. The number of aliphatic hydroxyl groups is 1. The summed E-state index contributed by atoms with van der Waals surface area (Å²) in [7, 11) is 0. The number of ether oxygens (including phenoxy) is 1. The number of nitrogens with zero attached hydrogens (tertiary/aromatic N) is 6. The first-order valence-corrected chi connectivity index (χ1v) is 13.7. The molecular weight excluding hydrogens is 476 g/mol. The number of hydrogen-bond acceptors (Lipinski definition) is 8. The minimum Gasteiger partial charge on any atom is -0.395 e. The minimum atomic E-state index is 0.130. The molecule has 2 fully saturated rings. The summed E-state index contributed by atoms with van der Waals surface area (Å²) in [6.45, 7) is 11.6. The third-order valence-corrected chi connectivity index (χ3v) is 8.13. The summed E-state index contributed by atoms with van der Waals surface area (Å²) in [5.41, 5.74) is 6.61. The Morgan fingerprint density at radius 1 is 1.00 bits per heavy atom. The number of pyridine rings is 1. The van der Waals surface area contributed by atoms with Crippen LogP contribution in [0.1, 0.15) is 23.6 Å². The van der Waals surface area contributed by atoms with Gasteiger partial charge in [0, 0.05) is 88.4 Å². The summed E-state index contributed by atoms with van der Waals surface area (Å²) >= 11 is 0. The molecule has 0 aliphatic carbocycles. The van der Waals surface area contributed by atoms with E-state index in [-0.39, 0.29) is 18.8 Å². The van der Waals surface area contributed by atoms with Gasteiger partial charge >= 0.3 is 0 Å². The van der Waals surface area contributed by atoms with Gasteiger partial charge in [-0.1, -0.05) is 6.07 Å². The molecule has 2 aromatic carbocycles. The molecule has 198 valence electrons. The lowest BCUT2D eigenvalue weighted by molar-refractivity contribution is -0.0327. The van der Waals surface area contributed by atoms with Crippen LogP contribution in [0, 0.1) is 11.3 Å². The fourth-order valence-corrected chi connectivity index (χ4v) is 6.29. The molecule has 1 N–H and O–H groups in total. The van der Waals surface area contributed by atoms with Crippen molar-refractivity contribution in [3.63, 3.8) is 0 Å². The largest absolute Gasteiger partial charge is 0.395 e. The highest BCUT2D eigenvalue weighted by molar-refractivity contribution is 5.95. The van der Waals surface area contributed by atoms with E-state index in [1.165, 1.54) is 16.8 Å².